The molecule has 0 aliphatic rings. The van der Waals surface area contributed by atoms with Crippen LogP contribution in [0.1, 0.15) is 32.6 Å². The Hall–Kier alpha value is -1.30. The molecule has 0 saturated heterocycles. The Morgan fingerprint density at radius 2 is 2.12 bits per heavy atom. The topological polar surface area (TPSA) is 102 Å². The van der Waals surface area contributed by atoms with Gasteiger partial charge in [-0.3, -0.25) is 0 Å². The highest BCUT2D eigenvalue weighted by Gasteiger charge is 2.21. The van der Waals surface area contributed by atoms with Crippen LogP contribution in [-0.4, -0.2) is 36.4 Å². The van der Waals surface area contributed by atoms with E-state index in [1.807, 2.05) is 6.92 Å². The molecule has 0 aliphatic carbocycles. The molecule has 0 rings (SSSR count). The Balaban J connectivity index is 4.06. The van der Waals surface area contributed by atoms with Crippen LogP contribution in [0.5, 0.6) is 0 Å². The number of amides is 1. The summed E-state index contributed by atoms with van der Waals surface area (Å²) in [5.41, 5.74) is 5.32. The number of unbranched alkanes of at least 4 members (excludes halogenated alkanes) is 1. The van der Waals surface area contributed by atoms with Crippen LogP contribution in [-0.2, 0) is 9.53 Å². The van der Waals surface area contributed by atoms with Crippen molar-refractivity contribution in [3.8, 4) is 0 Å². The predicted octanol–water partition coefficient (Wildman–Crippen LogP) is 0.705. The van der Waals surface area contributed by atoms with Crippen molar-refractivity contribution in [3.63, 3.8) is 0 Å². The van der Waals surface area contributed by atoms with Crippen LogP contribution >= 0.6 is 0 Å². The van der Waals surface area contributed by atoms with Gasteiger partial charge in [-0.05, 0) is 32.2 Å². The van der Waals surface area contributed by atoms with Gasteiger partial charge in [0.1, 0.15) is 6.04 Å². The third kappa shape index (κ3) is 7.05. The van der Waals surface area contributed by atoms with Crippen LogP contribution in [0.2, 0.25) is 0 Å². The number of carbonyl (C=O) groups excluding carboxylic acids is 1. The molecule has 0 spiro atoms. The molecule has 0 radical (unpaired) electrons. The maximum absolute atomic E-state index is 11.5. The number of carbonyl (C=O) groups is 2. The van der Waals surface area contributed by atoms with Gasteiger partial charge in [-0.1, -0.05) is 6.92 Å². The number of rotatable bonds is 8. The van der Waals surface area contributed by atoms with Crippen LogP contribution < -0.4 is 11.1 Å². The highest BCUT2D eigenvalue weighted by Crippen LogP contribution is 2.03. The smallest absolute Gasteiger partial charge is 0.405 e. The fourth-order valence-electron chi connectivity index (χ4n) is 1.19. The number of carboxylic acid groups (broad SMARTS) is 1. The number of nitrogens with one attached hydrogen (secondary N) is 1. The van der Waals surface area contributed by atoms with Crippen molar-refractivity contribution in [1.29, 1.82) is 0 Å². The van der Waals surface area contributed by atoms with E-state index in [-0.39, 0.29) is 0 Å². The van der Waals surface area contributed by atoms with E-state index < -0.39 is 18.1 Å². The minimum absolute atomic E-state index is 0.313. The maximum Gasteiger partial charge on any atom is 0.405 e. The molecule has 0 unspecified atom stereocenters. The summed E-state index contributed by atoms with van der Waals surface area (Å²) in [5.74, 6) is -0.513. The maximum atomic E-state index is 11.5. The molecule has 16 heavy (non-hydrogen) atoms. The second kappa shape index (κ2) is 8.96. The molecule has 0 bridgehead atoms. The van der Waals surface area contributed by atoms with Crippen molar-refractivity contribution in [3.05, 3.63) is 0 Å². The molecule has 0 aromatic rings. The molecule has 6 nitrogen and oxygen atoms in total. The molecular weight excluding hydrogens is 212 g/mol. The molecule has 0 aromatic carbocycles. The van der Waals surface area contributed by atoms with E-state index in [0.29, 0.717) is 32.4 Å². The Morgan fingerprint density at radius 1 is 1.44 bits per heavy atom. The third-order valence-electron chi connectivity index (χ3n) is 1.98. The fourth-order valence-corrected chi connectivity index (χ4v) is 1.19. The molecule has 6 heteroatoms. The second-order valence-electron chi connectivity index (χ2n) is 3.45. The summed E-state index contributed by atoms with van der Waals surface area (Å²) in [6, 6.07) is -0.782. The van der Waals surface area contributed by atoms with Gasteiger partial charge in [-0.15, -0.1) is 0 Å². The largest absolute Gasteiger partial charge is 0.465 e. The fraction of sp³-hybridized carbons (Fsp3) is 0.800. The molecule has 1 amide bonds. The van der Waals surface area contributed by atoms with E-state index in [9.17, 15) is 9.59 Å². The molecule has 0 aromatic heterocycles. The lowest BCUT2D eigenvalue weighted by molar-refractivity contribution is -0.146. The summed E-state index contributed by atoms with van der Waals surface area (Å²) in [7, 11) is 0. The molecule has 1 atom stereocenters. The molecule has 0 saturated carbocycles. The average molecular weight is 232 g/mol. The average Bonchev–Trinajstić information content (AvgIpc) is 2.24. The summed E-state index contributed by atoms with van der Waals surface area (Å²) in [6.45, 7) is 2.72. The highest BCUT2D eigenvalue weighted by atomic mass is 16.5. The van der Waals surface area contributed by atoms with Crippen LogP contribution in [0.25, 0.3) is 0 Å². The summed E-state index contributed by atoms with van der Waals surface area (Å²) in [5, 5.41) is 10.7. The summed E-state index contributed by atoms with van der Waals surface area (Å²) in [4.78, 5) is 21.9. The first-order valence-corrected chi connectivity index (χ1v) is 5.48. The zero-order valence-corrected chi connectivity index (χ0v) is 9.57. The quantitative estimate of drug-likeness (QED) is 0.422. The van der Waals surface area contributed by atoms with Gasteiger partial charge >= 0.3 is 12.1 Å². The van der Waals surface area contributed by atoms with Crippen molar-refractivity contribution in [2.24, 2.45) is 5.73 Å². The van der Waals surface area contributed by atoms with Crippen molar-refractivity contribution in [2.45, 2.75) is 38.6 Å². The number of ether oxygens (including phenoxy) is 1. The SMILES string of the molecule is CCCOC(=O)[C@H](CCCCN)NC(=O)O. The van der Waals surface area contributed by atoms with Gasteiger partial charge in [0, 0.05) is 0 Å². The van der Waals surface area contributed by atoms with Gasteiger partial charge < -0.3 is 20.9 Å². The number of hydrogen-bond acceptors (Lipinski definition) is 4. The van der Waals surface area contributed by atoms with Gasteiger partial charge in [0.25, 0.3) is 0 Å². The lowest BCUT2D eigenvalue weighted by Gasteiger charge is -2.15. The zero-order valence-electron chi connectivity index (χ0n) is 9.57. The molecule has 94 valence electrons. The standard InChI is InChI=1S/C10H20N2O4/c1-2-7-16-9(13)8(12-10(14)15)5-3-4-6-11/h8,12H,2-7,11H2,1H3,(H,14,15)/t8-/m0/s1. The van der Waals surface area contributed by atoms with Crippen molar-refractivity contribution in [2.75, 3.05) is 13.2 Å². The molecule has 0 fully saturated rings. The van der Waals surface area contributed by atoms with Crippen molar-refractivity contribution < 1.29 is 19.4 Å². The summed E-state index contributed by atoms with van der Waals surface area (Å²) < 4.78 is 4.89. The minimum atomic E-state index is -1.22. The van der Waals surface area contributed by atoms with Gasteiger partial charge in [-0.25, -0.2) is 9.59 Å². The lowest BCUT2D eigenvalue weighted by Crippen LogP contribution is -2.41. The number of esters is 1. The normalized spacial score (nSPS) is 11.9. The van der Waals surface area contributed by atoms with Gasteiger partial charge in [-0.2, -0.15) is 0 Å². The molecule has 0 heterocycles. The van der Waals surface area contributed by atoms with E-state index in [1.165, 1.54) is 0 Å². The summed E-state index contributed by atoms with van der Waals surface area (Å²) >= 11 is 0. The summed E-state index contributed by atoms with van der Waals surface area (Å²) in [6.07, 6.45) is 1.38. The first-order valence-electron chi connectivity index (χ1n) is 5.48. The van der Waals surface area contributed by atoms with Crippen LogP contribution in [0.3, 0.4) is 0 Å². The van der Waals surface area contributed by atoms with Gasteiger partial charge in [0.15, 0.2) is 0 Å². The van der Waals surface area contributed by atoms with Gasteiger partial charge in [0.05, 0.1) is 6.61 Å². The van der Waals surface area contributed by atoms with E-state index in [4.69, 9.17) is 15.6 Å². The van der Waals surface area contributed by atoms with E-state index in [1.54, 1.807) is 0 Å². The first-order chi connectivity index (χ1) is 7.61. The van der Waals surface area contributed by atoms with E-state index in [2.05, 4.69) is 5.32 Å². The second-order valence-corrected chi connectivity index (χ2v) is 3.45. The minimum Gasteiger partial charge on any atom is -0.465 e. The Morgan fingerprint density at radius 3 is 2.62 bits per heavy atom. The number of nitrogens with two attached hydrogens (primary N) is 1. The monoisotopic (exact) mass is 232 g/mol. The van der Waals surface area contributed by atoms with Gasteiger partial charge in [0.2, 0.25) is 0 Å². The van der Waals surface area contributed by atoms with Crippen LogP contribution in [0, 0.1) is 0 Å². The Kier molecular flexibility index (Phi) is 8.24. The van der Waals surface area contributed by atoms with E-state index >= 15 is 0 Å². The van der Waals surface area contributed by atoms with E-state index in [0.717, 1.165) is 6.42 Å². The molecule has 0 aliphatic heterocycles. The highest BCUT2D eigenvalue weighted by molar-refractivity contribution is 5.80. The number of hydrogen-bond donors (Lipinski definition) is 3. The van der Waals surface area contributed by atoms with Crippen LogP contribution in [0.4, 0.5) is 4.79 Å². The van der Waals surface area contributed by atoms with Crippen molar-refractivity contribution >= 4 is 12.1 Å². The zero-order chi connectivity index (χ0) is 12.4. The lowest BCUT2D eigenvalue weighted by atomic mass is 10.1. The Bertz CT molecular complexity index is 221. The molecule has 4 N–H and O–H groups in total. The molecular formula is C10H20N2O4. The third-order valence-corrected chi connectivity index (χ3v) is 1.98. The Labute approximate surface area is 95.1 Å². The predicted molar refractivity (Wildman–Crippen MR) is 59.1 cm³/mol. The van der Waals surface area contributed by atoms with Crippen LogP contribution in [0.15, 0.2) is 0 Å². The van der Waals surface area contributed by atoms with Crippen molar-refractivity contribution in [1.82, 2.24) is 5.32 Å². The first kappa shape index (κ1) is 14.7.